The van der Waals surface area contributed by atoms with Crippen molar-refractivity contribution in [3.05, 3.63) is 60.2 Å². The van der Waals surface area contributed by atoms with Gasteiger partial charge in [-0.1, -0.05) is 30.3 Å². The molecule has 0 heterocycles. The van der Waals surface area contributed by atoms with Crippen LogP contribution < -0.4 is 10.5 Å². The highest BCUT2D eigenvalue weighted by atomic mass is 19.1. The molecule has 0 unspecified atom stereocenters. The van der Waals surface area contributed by atoms with Gasteiger partial charge in [-0.25, -0.2) is 0 Å². The van der Waals surface area contributed by atoms with Gasteiger partial charge in [-0.05, 0) is 36.2 Å². The number of para-hydroxylation sites is 1. The normalized spacial score (nSPS) is 12.1. The molecule has 2 nitrogen and oxygen atoms in total. The van der Waals surface area contributed by atoms with Crippen molar-refractivity contribution in [2.75, 3.05) is 6.67 Å². The first-order chi connectivity index (χ1) is 8.79. The fraction of sp³-hybridized carbons (Fsp3) is 0.200. The van der Waals surface area contributed by atoms with Crippen LogP contribution in [0.1, 0.15) is 18.0 Å². The highest BCUT2D eigenvalue weighted by Crippen LogP contribution is 2.24. The van der Waals surface area contributed by atoms with E-state index in [1.807, 2.05) is 54.6 Å². The molecule has 0 bridgehead atoms. The lowest BCUT2D eigenvalue weighted by atomic mass is 10.1. The largest absolute Gasteiger partial charge is 0.457 e. The molecule has 2 aromatic rings. The minimum atomic E-state index is -0.412. The summed E-state index contributed by atoms with van der Waals surface area (Å²) >= 11 is 0. The van der Waals surface area contributed by atoms with E-state index in [9.17, 15) is 4.39 Å². The van der Waals surface area contributed by atoms with E-state index in [2.05, 4.69) is 0 Å². The van der Waals surface area contributed by atoms with E-state index in [0.717, 1.165) is 11.3 Å². The van der Waals surface area contributed by atoms with Crippen LogP contribution in [0.25, 0.3) is 0 Å². The summed E-state index contributed by atoms with van der Waals surface area (Å²) in [5, 5.41) is 0. The molecule has 0 spiro atoms. The maximum Gasteiger partial charge on any atom is 0.127 e. The average Bonchev–Trinajstić information content (AvgIpc) is 2.40. The van der Waals surface area contributed by atoms with E-state index < -0.39 is 6.67 Å². The zero-order chi connectivity index (χ0) is 12.8. The second kappa shape index (κ2) is 6.17. The second-order valence-corrected chi connectivity index (χ2v) is 4.07. The molecule has 0 amide bonds. The molecule has 0 radical (unpaired) electrons. The summed E-state index contributed by atoms with van der Waals surface area (Å²) in [5.74, 6) is 1.49. The molecule has 0 aliphatic heterocycles. The molecular weight excluding hydrogens is 229 g/mol. The molecule has 94 valence electrons. The Morgan fingerprint density at radius 1 is 1.00 bits per heavy atom. The van der Waals surface area contributed by atoms with Crippen LogP contribution in [0.3, 0.4) is 0 Å². The molecule has 1 atom stereocenters. The quantitative estimate of drug-likeness (QED) is 0.868. The van der Waals surface area contributed by atoms with Crippen molar-refractivity contribution in [3.63, 3.8) is 0 Å². The summed E-state index contributed by atoms with van der Waals surface area (Å²) in [5.41, 5.74) is 6.76. The van der Waals surface area contributed by atoms with Crippen molar-refractivity contribution in [1.82, 2.24) is 0 Å². The summed E-state index contributed by atoms with van der Waals surface area (Å²) in [6.07, 6.45) is 0.328. The zero-order valence-electron chi connectivity index (χ0n) is 10.1. The number of ether oxygens (including phenoxy) is 1. The third-order valence-electron chi connectivity index (χ3n) is 2.69. The van der Waals surface area contributed by atoms with Gasteiger partial charge in [0.25, 0.3) is 0 Å². The standard InChI is InChI=1S/C15H16FNO/c16-10-9-15(17)12-5-4-8-14(11-12)18-13-6-2-1-3-7-13/h1-8,11,15H,9-10,17H2/t15-/m1/s1. The van der Waals surface area contributed by atoms with Crippen molar-refractivity contribution < 1.29 is 9.13 Å². The van der Waals surface area contributed by atoms with Gasteiger partial charge in [-0.2, -0.15) is 0 Å². The van der Waals surface area contributed by atoms with Gasteiger partial charge in [0.05, 0.1) is 6.67 Å². The zero-order valence-corrected chi connectivity index (χ0v) is 10.1. The summed E-state index contributed by atoms with van der Waals surface area (Å²) < 4.78 is 18.0. The maximum atomic E-state index is 12.3. The summed E-state index contributed by atoms with van der Waals surface area (Å²) in [6.45, 7) is -0.412. The number of hydrogen-bond acceptors (Lipinski definition) is 2. The SMILES string of the molecule is N[C@H](CCF)c1cccc(Oc2ccccc2)c1. The van der Waals surface area contributed by atoms with Crippen LogP contribution in [-0.2, 0) is 0 Å². The average molecular weight is 245 g/mol. The topological polar surface area (TPSA) is 35.2 Å². The highest BCUT2D eigenvalue weighted by molar-refractivity contribution is 5.34. The Balaban J connectivity index is 2.12. The Kier molecular flexibility index (Phi) is 4.31. The molecule has 0 saturated heterocycles. The number of benzene rings is 2. The molecule has 2 N–H and O–H groups in total. The predicted octanol–water partition coefficient (Wildman–Crippen LogP) is 3.84. The molecule has 18 heavy (non-hydrogen) atoms. The van der Waals surface area contributed by atoms with E-state index in [-0.39, 0.29) is 6.04 Å². The lowest BCUT2D eigenvalue weighted by molar-refractivity contribution is 0.440. The van der Waals surface area contributed by atoms with Crippen LogP contribution in [0.4, 0.5) is 4.39 Å². The van der Waals surface area contributed by atoms with Crippen LogP contribution in [0.5, 0.6) is 11.5 Å². The van der Waals surface area contributed by atoms with Gasteiger partial charge >= 0.3 is 0 Å². The Morgan fingerprint density at radius 3 is 2.44 bits per heavy atom. The van der Waals surface area contributed by atoms with Gasteiger partial charge in [0, 0.05) is 6.04 Å². The Labute approximate surface area is 106 Å². The number of halogens is 1. The van der Waals surface area contributed by atoms with E-state index >= 15 is 0 Å². The van der Waals surface area contributed by atoms with E-state index in [0.29, 0.717) is 12.2 Å². The van der Waals surface area contributed by atoms with Gasteiger partial charge in [0.2, 0.25) is 0 Å². The van der Waals surface area contributed by atoms with Crippen LogP contribution in [0.2, 0.25) is 0 Å². The summed E-state index contributed by atoms with van der Waals surface area (Å²) in [6, 6.07) is 16.7. The van der Waals surface area contributed by atoms with Crippen molar-refractivity contribution in [2.24, 2.45) is 5.73 Å². The van der Waals surface area contributed by atoms with Crippen LogP contribution in [-0.4, -0.2) is 6.67 Å². The minimum Gasteiger partial charge on any atom is -0.457 e. The number of hydrogen-bond donors (Lipinski definition) is 1. The number of nitrogens with two attached hydrogens (primary N) is 1. The molecule has 0 fully saturated rings. The smallest absolute Gasteiger partial charge is 0.127 e. The Bertz CT molecular complexity index is 487. The maximum absolute atomic E-state index is 12.3. The lowest BCUT2D eigenvalue weighted by Crippen LogP contribution is -2.10. The van der Waals surface area contributed by atoms with Crippen LogP contribution >= 0.6 is 0 Å². The molecule has 0 aliphatic rings. The first-order valence-electron chi connectivity index (χ1n) is 5.94. The van der Waals surface area contributed by atoms with Crippen molar-refractivity contribution in [1.29, 1.82) is 0 Å². The van der Waals surface area contributed by atoms with Crippen molar-refractivity contribution in [2.45, 2.75) is 12.5 Å². The number of alkyl halides is 1. The monoisotopic (exact) mass is 245 g/mol. The molecule has 2 aromatic carbocycles. The third kappa shape index (κ3) is 3.31. The first kappa shape index (κ1) is 12.6. The van der Waals surface area contributed by atoms with Crippen LogP contribution in [0, 0.1) is 0 Å². The fourth-order valence-electron chi connectivity index (χ4n) is 1.72. The first-order valence-corrected chi connectivity index (χ1v) is 5.94. The van der Waals surface area contributed by atoms with Gasteiger partial charge in [0.1, 0.15) is 11.5 Å². The van der Waals surface area contributed by atoms with E-state index in [1.165, 1.54) is 0 Å². The Hall–Kier alpha value is -1.87. The summed E-state index contributed by atoms with van der Waals surface area (Å²) in [7, 11) is 0. The second-order valence-electron chi connectivity index (χ2n) is 4.07. The minimum absolute atomic E-state index is 0.283. The van der Waals surface area contributed by atoms with Gasteiger partial charge < -0.3 is 10.5 Å². The summed E-state index contributed by atoms with van der Waals surface area (Å²) in [4.78, 5) is 0. The lowest BCUT2D eigenvalue weighted by Gasteiger charge is -2.12. The van der Waals surface area contributed by atoms with E-state index in [1.54, 1.807) is 0 Å². The van der Waals surface area contributed by atoms with Crippen LogP contribution in [0.15, 0.2) is 54.6 Å². The van der Waals surface area contributed by atoms with Gasteiger partial charge in [-0.3, -0.25) is 4.39 Å². The molecule has 0 aromatic heterocycles. The third-order valence-corrected chi connectivity index (χ3v) is 2.69. The molecule has 3 heteroatoms. The molecule has 2 rings (SSSR count). The molecule has 0 saturated carbocycles. The van der Waals surface area contributed by atoms with Crippen molar-refractivity contribution in [3.8, 4) is 11.5 Å². The fourth-order valence-corrected chi connectivity index (χ4v) is 1.72. The Morgan fingerprint density at radius 2 is 1.72 bits per heavy atom. The van der Waals surface area contributed by atoms with E-state index in [4.69, 9.17) is 10.5 Å². The number of rotatable bonds is 5. The molecular formula is C15H16FNO. The van der Waals surface area contributed by atoms with Gasteiger partial charge in [-0.15, -0.1) is 0 Å². The molecule has 0 aliphatic carbocycles. The van der Waals surface area contributed by atoms with Crippen molar-refractivity contribution >= 4 is 0 Å². The highest BCUT2D eigenvalue weighted by Gasteiger charge is 2.06. The predicted molar refractivity (Wildman–Crippen MR) is 70.5 cm³/mol. The van der Waals surface area contributed by atoms with Gasteiger partial charge in [0.15, 0.2) is 0 Å².